The van der Waals surface area contributed by atoms with Crippen LogP contribution < -0.4 is 91.4 Å². The number of H-pyrrole nitrogens is 1. The van der Waals surface area contributed by atoms with Gasteiger partial charge in [0.1, 0.15) is 19.0 Å². The van der Waals surface area contributed by atoms with E-state index in [0.717, 1.165) is 88.1 Å². The number of aromatic amines is 1. The molecule has 0 saturated carbocycles. The average molecular weight is 1940 g/mol. The number of aliphatic carboxylic acids is 1. The monoisotopic (exact) mass is 1940 g/mol. The van der Waals surface area contributed by atoms with E-state index < -0.39 is 74.2 Å². The van der Waals surface area contributed by atoms with E-state index >= 15 is 0 Å². The number of nitrogens with one attached hydrogen (secondary N) is 5. The molecule has 8 aromatic rings. The number of para-hydroxylation sites is 2. The largest absolute Gasteiger partial charge is 1.00 e. The summed E-state index contributed by atoms with van der Waals surface area (Å²) in [6.45, 7) is 15.0. The van der Waals surface area contributed by atoms with Crippen LogP contribution in [-0.2, 0) is 125 Å². The second kappa shape index (κ2) is 55.5. The number of fused-ring (bicyclic) bond motifs is 9. The number of amides is 4. The Labute approximate surface area is 817 Å². The van der Waals surface area contributed by atoms with Crippen molar-refractivity contribution in [3.8, 4) is 17.2 Å². The van der Waals surface area contributed by atoms with Gasteiger partial charge in [-0.25, -0.2) is 9.97 Å². The molecule has 41 heteroatoms. The molecule has 37 nitrogen and oxygen atoms in total. The normalized spacial score (nSPS) is 14.3. The molecule has 0 saturated heterocycles. The maximum Gasteiger partial charge on any atom is 1.00 e. The Kier molecular flexibility index (Phi) is 45.2. The molecule has 0 spiro atoms. The summed E-state index contributed by atoms with van der Waals surface area (Å²) in [4.78, 5) is 192. The first-order chi connectivity index (χ1) is 64.7. The third-order valence-corrected chi connectivity index (χ3v) is 25.9. The van der Waals surface area contributed by atoms with Crippen LogP contribution in [-0.4, -0.2) is 197 Å². The average Bonchev–Trinajstić information content (AvgIpc) is 1.59. The van der Waals surface area contributed by atoms with Gasteiger partial charge in [0.2, 0.25) is 17.8 Å². The van der Waals surface area contributed by atoms with Crippen LogP contribution in [0.15, 0.2) is 126 Å². The van der Waals surface area contributed by atoms with Crippen molar-refractivity contribution in [2.75, 3.05) is 79.4 Å². The topological polar surface area (TPSA) is 550 Å². The molecule has 2 aromatic heterocycles. The summed E-state index contributed by atoms with van der Waals surface area (Å²) in [6, 6.07) is 35.0. The van der Waals surface area contributed by atoms with Crippen LogP contribution in [0.2, 0.25) is 0 Å². The van der Waals surface area contributed by atoms with Crippen molar-refractivity contribution in [2.45, 2.75) is 186 Å². The predicted molar refractivity (Wildman–Crippen MR) is 497 cm³/mol. The molecule has 0 radical (unpaired) electrons. The molecule has 6 heterocycles. The van der Waals surface area contributed by atoms with E-state index in [4.69, 9.17) is 82.0 Å². The number of Topliss-reactive ketones (excluding diaryl/α,β-unsaturated/α-hetero) is 3. The van der Waals surface area contributed by atoms with E-state index in [2.05, 4.69) is 98.3 Å². The van der Waals surface area contributed by atoms with Gasteiger partial charge in [-0.3, -0.25) is 53.5 Å². The third kappa shape index (κ3) is 33.2. The molecule has 718 valence electrons. The maximum atomic E-state index is 14.5. The minimum Gasteiger partial charge on any atom is -0.493 e. The Morgan fingerprint density at radius 1 is 0.713 bits per heavy atom. The number of nitrogen functional groups attached to an aromatic ring is 1. The van der Waals surface area contributed by atoms with Crippen LogP contribution in [0.25, 0.3) is 11.2 Å². The second-order valence-electron chi connectivity index (χ2n) is 32.8. The molecule has 0 aliphatic carbocycles. The Bertz CT molecular complexity index is 5800. The van der Waals surface area contributed by atoms with E-state index in [1.807, 2.05) is 71.3 Å². The summed E-state index contributed by atoms with van der Waals surface area (Å²) in [5.74, 6) is -3.86. The van der Waals surface area contributed by atoms with E-state index in [0.29, 0.717) is 111 Å². The summed E-state index contributed by atoms with van der Waals surface area (Å²) in [6.07, 6.45) is 9.93. The van der Waals surface area contributed by atoms with Crippen LogP contribution in [0.3, 0.4) is 0 Å². The van der Waals surface area contributed by atoms with Crippen molar-refractivity contribution in [3.05, 3.63) is 205 Å². The summed E-state index contributed by atoms with van der Waals surface area (Å²) in [7, 11) is 1.81. The SMILES string of the molecule is CCCOCCOCCN(CC(C)(C)SSCCCC(=O)[C@@H](C)NC(=O)[C@@H](CCCNC(=N)N)CC(=O)C(C)NC(=O)CC[C@@H](CC(=O)c1ccc(CCc2cnc3nc(N)[nH]c(=O)c3n2)cc1)C(=O)O)c1cc(COc2cc3c(cc2C)C(=O)N2c4ccccc4C[C@H]2CC3)cc(COc2cc3c(cc2OC)C(=O)N2c4ccccc4C[C@H]2[CH-]C3)c1.O=C=O.O=C=O.O=C=O.O=S(=O)=O.[Na+]. The van der Waals surface area contributed by atoms with Crippen molar-refractivity contribution < 1.29 is 138 Å². The van der Waals surface area contributed by atoms with E-state index in [-0.39, 0.29) is 165 Å². The van der Waals surface area contributed by atoms with E-state index in [9.17, 15) is 48.3 Å². The van der Waals surface area contributed by atoms with Crippen molar-refractivity contribution in [1.29, 1.82) is 5.41 Å². The number of rotatable bonds is 45. The van der Waals surface area contributed by atoms with Crippen molar-refractivity contribution >= 4 is 138 Å². The number of aryl methyl sites for hydroxylation is 4. The van der Waals surface area contributed by atoms with Gasteiger partial charge in [-0.2, -0.15) is 40.2 Å². The fraction of sp³-hybridized carbons (Fsp3) is 0.421. The Morgan fingerprint density at radius 3 is 1.97 bits per heavy atom. The number of hydrogen-bond donors (Lipinski definition) is 8. The van der Waals surface area contributed by atoms with E-state index in [1.165, 1.54) is 18.7 Å². The smallest absolute Gasteiger partial charge is 0.493 e. The molecule has 136 heavy (non-hydrogen) atoms. The van der Waals surface area contributed by atoms with Gasteiger partial charge in [0.05, 0.1) is 56.8 Å². The van der Waals surface area contributed by atoms with Gasteiger partial charge < -0.3 is 77.3 Å². The fourth-order valence-electron chi connectivity index (χ4n) is 16.1. The summed E-state index contributed by atoms with van der Waals surface area (Å²) in [5.41, 5.74) is 23.3. The predicted octanol–water partition coefficient (Wildman–Crippen LogP) is 6.02. The number of benzene rings is 6. The number of ketones is 3. The number of ether oxygens (including phenoxy) is 5. The van der Waals surface area contributed by atoms with Crippen LogP contribution >= 0.6 is 21.6 Å². The van der Waals surface area contributed by atoms with Crippen molar-refractivity contribution in [2.24, 2.45) is 17.6 Å². The molecule has 6 atom stereocenters. The third-order valence-electron chi connectivity index (χ3n) is 22.6. The van der Waals surface area contributed by atoms with Crippen LogP contribution in [0.4, 0.5) is 23.0 Å². The summed E-state index contributed by atoms with van der Waals surface area (Å²) >= 11 is 0. The quantitative estimate of drug-likeness (QED) is 0.00411. The molecule has 0 bridgehead atoms. The number of methoxy groups -OCH3 is 1. The van der Waals surface area contributed by atoms with Crippen LogP contribution in [0.1, 0.15) is 180 Å². The number of nitrogens with two attached hydrogens (primary N) is 2. The zero-order chi connectivity index (χ0) is 98.4. The first-order valence-corrected chi connectivity index (χ1v) is 46.9. The van der Waals surface area contributed by atoms with Crippen molar-refractivity contribution in [3.63, 3.8) is 0 Å². The summed E-state index contributed by atoms with van der Waals surface area (Å²) in [5, 5.41) is 25.9. The van der Waals surface area contributed by atoms with Gasteiger partial charge in [0.25, 0.3) is 17.4 Å². The van der Waals surface area contributed by atoms with Crippen LogP contribution in [0.5, 0.6) is 17.2 Å². The number of carbonyl (C=O) groups is 8. The van der Waals surface area contributed by atoms with Crippen molar-refractivity contribution in [1.82, 2.24) is 35.9 Å². The van der Waals surface area contributed by atoms with Gasteiger partial charge in [-0.05, 0) is 199 Å². The zero-order valence-corrected chi connectivity index (χ0v) is 81.3. The number of carboxylic acids is 1. The minimum absolute atomic E-state index is 0. The molecular formula is C95H110N13NaO24S3. The number of nitrogens with zero attached hydrogens (tertiary/aromatic N) is 6. The van der Waals surface area contributed by atoms with Crippen LogP contribution in [0, 0.1) is 30.6 Å². The van der Waals surface area contributed by atoms with Gasteiger partial charge in [-0.1, -0.05) is 101 Å². The van der Waals surface area contributed by atoms with Gasteiger partial charge in [-0.15, -0.1) is 12.6 Å². The molecule has 4 aliphatic heterocycles. The number of anilines is 4. The maximum absolute atomic E-state index is 14.5. The van der Waals surface area contributed by atoms with Gasteiger partial charge in [0.15, 0.2) is 46.0 Å². The standard InChI is InChI=1S/C92H110N13O15S2.3CO2.Na.O3S/c1-8-35-117-37-38-118-36-34-103(71-42-59(52-119-79-48-62-26-30-69-44-64-15-9-11-18-74(64)104(69)87(112)72(62)40-55(79)2)41-60(43-71)53-120-81-49-63-27-31-70-45-65-16-10-12-19-75(65)105(70)88(113)73(63)50-80(81)116-7)54-92(5,6)122-121-39-14-20-76(106)56(3)99-85(110)66(17-13-33-96-90(93)94)46-77(107)57(4)98-82(109)32-28-67(89(114)115)47-78(108)61-24-21-58(22-25-61)23-29-68-51-97-84-83(100-68)86(111)102-91(95)101-84;3*2-1-3;;1-4(2)3/h9-12,15-16,18-19,21-22,24-25,31,40-43,48-51,56-57,66-67,69-70H,8,13-14,17,20,23,26-30,32-39,44-47,52-54H2,1-7H3,(H,98,109)(H,99,110)(H,114,115)(H4,93,94,96)(H3,95,97,101,102,111);;;;;/q-1;;;;+1;/t56-,57?,66+,67+,69-,70-;;;;;/m1...../s1. The minimum atomic E-state index is -3.11. The molecular weight excluding hydrogens is 1830 g/mol. The van der Waals surface area contributed by atoms with E-state index in [1.54, 1.807) is 66.0 Å². The summed E-state index contributed by atoms with van der Waals surface area (Å²) < 4.78 is 56.6. The van der Waals surface area contributed by atoms with Gasteiger partial charge >= 0.3 is 64.6 Å². The fourth-order valence-corrected chi connectivity index (χ4v) is 18.7. The molecule has 6 aromatic carbocycles. The molecule has 12 rings (SSSR count). The molecule has 4 aliphatic rings. The molecule has 1 unspecified atom stereocenters. The first-order valence-electron chi connectivity index (χ1n) is 43.6. The van der Waals surface area contributed by atoms with Gasteiger partial charge in [0, 0.05) is 108 Å². The zero-order valence-electron chi connectivity index (χ0n) is 76.9. The number of carboxylic acid groups (broad SMARTS) is 1. The Morgan fingerprint density at radius 2 is 1.32 bits per heavy atom. The number of guanidine groups is 1. The molecule has 10 N–H and O–H groups in total. The number of carbonyl (C=O) groups excluding carboxylic acids is 13. The Balaban J connectivity index is 0.00000170. The molecule has 0 fully saturated rings. The number of aromatic nitrogens is 4. The second-order valence-corrected chi connectivity index (χ2v) is 36.4. The first kappa shape index (κ1) is 111. The number of hydrogen-bond acceptors (Lipinski definition) is 31. The Hall–Kier alpha value is -12.5. The molecule has 4 amide bonds.